The smallest absolute Gasteiger partial charge is 0.254 e. The van der Waals surface area contributed by atoms with Crippen molar-refractivity contribution in [1.82, 2.24) is 4.90 Å². The maximum Gasteiger partial charge on any atom is 0.254 e. The van der Waals surface area contributed by atoms with Crippen LogP contribution in [0.15, 0.2) is 41.1 Å². The number of hydrogen-bond acceptors (Lipinski definition) is 3. The molecular formula is C17H20N2OS. The highest BCUT2D eigenvalue weighted by Crippen LogP contribution is 2.30. The Morgan fingerprint density at radius 3 is 2.52 bits per heavy atom. The van der Waals surface area contributed by atoms with Gasteiger partial charge in [0.1, 0.15) is 0 Å². The number of benzene rings is 1. The Labute approximate surface area is 129 Å². The van der Waals surface area contributed by atoms with Crippen LogP contribution in [0.3, 0.4) is 0 Å². The largest absolute Gasteiger partial charge is 0.331 e. The molecule has 1 aromatic heterocycles. The minimum Gasteiger partial charge on any atom is -0.331 e. The van der Waals surface area contributed by atoms with Crippen LogP contribution in [0.25, 0.3) is 0 Å². The van der Waals surface area contributed by atoms with Crippen molar-refractivity contribution in [1.29, 1.82) is 0 Å². The third kappa shape index (κ3) is 3.52. The Hall–Kier alpha value is -1.65. The summed E-state index contributed by atoms with van der Waals surface area (Å²) in [7, 11) is 0. The van der Waals surface area contributed by atoms with Crippen LogP contribution in [0.4, 0.5) is 0 Å². The summed E-state index contributed by atoms with van der Waals surface area (Å²) in [6.45, 7) is 1.36. The number of carbonyl (C=O) groups excluding carboxylic acids is 1. The number of nitrogens with zero attached hydrogens (tertiary/aromatic N) is 1. The van der Waals surface area contributed by atoms with Gasteiger partial charge in [-0.05, 0) is 65.9 Å². The van der Waals surface area contributed by atoms with Gasteiger partial charge in [0.15, 0.2) is 0 Å². The van der Waals surface area contributed by atoms with E-state index < -0.39 is 0 Å². The van der Waals surface area contributed by atoms with Crippen LogP contribution in [0.5, 0.6) is 0 Å². The first kappa shape index (κ1) is 14.3. The molecular weight excluding hydrogens is 280 g/mol. The van der Waals surface area contributed by atoms with Crippen LogP contribution in [-0.2, 0) is 13.0 Å². The van der Waals surface area contributed by atoms with E-state index in [1.54, 1.807) is 11.3 Å². The molecule has 1 saturated carbocycles. The van der Waals surface area contributed by atoms with Crippen molar-refractivity contribution >= 4 is 17.2 Å². The van der Waals surface area contributed by atoms with Gasteiger partial charge in [-0.3, -0.25) is 4.79 Å². The summed E-state index contributed by atoms with van der Waals surface area (Å²) in [5.74, 6) is 0.142. The SMILES string of the molecule is NCCc1ccc(C(=O)N(Cc2ccsc2)C2CC2)cc1. The van der Waals surface area contributed by atoms with Gasteiger partial charge in [0, 0.05) is 18.2 Å². The Morgan fingerprint density at radius 2 is 1.95 bits per heavy atom. The lowest BCUT2D eigenvalue weighted by molar-refractivity contribution is 0.0730. The molecule has 0 radical (unpaired) electrons. The standard InChI is InChI=1S/C17H20N2OS/c18-9-7-13-1-3-15(4-2-13)17(20)19(16-5-6-16)11-14-8-10-21-12-14/h1-4,8,10,12,16H,5-7,9,11,18H2. The second kappa shape index (κ2) is 6.41. The fourth-order valence-electron chi connectivity index (χ4n) is 2.48. The number of thiophene rings is 1. The molecule has 1 aliphatic rings. The van der Waals surface area contributed by atoms with E-state index in [0.717, 1.165) is 31.4 Å². The number of amides is 1. The summed E-state index contributed by atoms with van der Waals surface area (Å²) in [6.07, 6.45) is 3.11. The summed E-state index contributed by atoms with van der Waals surface area (Å²) < 4.78 is 0. The number of rotatable bonds is 6. The predicted molar refractivity (Wildman–Crippen MR) is 86.4 cm³/mol. The maximum atomic E-state index is 12.7. The first-order valence-electron chi connectivity index (χ1n) is 7.39. The molecule has 0 bridgehead atoms. The Balaban J connectivity index is 1.74. The molecule has 1 aromatic carbocycles. The summed E-state index contributed by atoms with van der Waals surface area (Å²) in [5.41, 5.74) is 8.74. The molecule has 110 valence electrons. The van der Waals surface area contributed by atoms with Crippen molar-refractivity contribution in [3.8, 4) is 0 Å². The molecule has 2 aromatic rings. The molecule has 3 nitrogen and oxygen atoms in total. The topological polar surface area (TPSA) is 46.3 Å². The van der Waals surface area contributed by atoms with Gasteiger partial charge in [0.2, 0.25) is 0 Å². The van der Waals surface area contributed by atoms with Crippen molar-refractivity contribution in [2.75, 3.05) is 6.54 Å². The third-order valence-corrected chi connectivity index (χ3v) is 4.55. The summed E-state index contributed by atoms with van der Waals surface area (Å²) in [5, 5.41) is 4.18. The molecule has 0 aliphatic heterocycles. The zero-order chi connectivity index (χ0) is 14.7. The lowest BCUT2D eigenvalue weighted by Gasteiger charge is -2.22. The van der Waals surface area contributed by atoms with E-state index in [0.29, 0.717) is 12.6 Å². The minimum absolute atomic E-state index is 0.142. The minimum atomic E-state index is 0.142. The van der Waals surface area contributed by atoms with Gasteiger partial charge in [0.05, 0.1) is 0 Å². The molecule has 21 heavy (non-hydrogen) atoms. The number of carbonyl (C=O) groups is 1. The molecule has 1 heterocycles. The van der Waals surface area contributed by atoms with E-state index >= 15 is 0 Å². The van der Waals surface area contributed by atoms with Gasteiger partial charge < -0.3 is 10.6 Å². The Morgan fingerprint density at radius 1 is 1.19 bits per heavy atom. The number of hydrogen-bond donors (Lipinski definition) is 1. The van der Waals surface area contributed by atoms with Gasteiger partial charge in [-0.25, -0.2) is 0 Å². The molecule has 0 saturated heterocycles. The van der Waals surface area contributed by atoms with Gasteiger partial charge in [-0.2, -0.15) is 11.3 Å². The van der Waals surface area contributed by atoms with Crippen molar-refractivity contribution in [2.45, 2.75) is 31.8 Å². The molecule has 0 spiro atoms. The van der Waals surface area contributed by atoms with Crippen LogP contribution < -0.4 is 5.73 Å². The second-order valence-electron chi connectivity index (χ2n) is 5.53. The Kier molecular flexibility index (Phi) is 4.36. The van der Waals surface area contributed by atoms with Crippen LogP contribution in [0.2, 0.25) is 0 Å². The molecule has 4 heteroatoms. The van der Waals surface area contributed by atoms with Crippen molar-refractivity contribution in [3.63, 3.8) is 0 Å². The van der Waals surface area contributed by atoms with Crippen molar-refractivity contribution < 1.29 is 4.79 Å². The van der Waals surface area contributed by atoms with Crippen LogP contribution in [0.1, 0.15) is 34.3 Å². The Bertz CT molecular complexity index is 588. The molecule has 1 fully saturated rings. The van der Waals surface area contributed by atoms with Crippen molar-refractivity contribution in [3.05, 3.63) is 57.8 Å². The fraction of sp³-hybridized carbons (Fsp3) is 0.353. The van der Waals surface area contributed by atoms with Crippen LogP contribution in [-0.4, -0.2) is 23.4 Å². The first-order chi connectivity index (χ1) is 10.3. The third-order valence-electron chi connectivity index (χ3n) is 3.82. The first-order valence-corrected chi connectivity index (χ1v) is 8.33. The predicted octanol–water partition coefficient (Wildman–Crippen LogP) is 3.05. The van der Waals surface area contributed by atoms with E-state index in [4.69, 9.17) is 5.73 Å². The molecule has 0 atom stereocenters. The summed E-state index contributed by atoms with van der Waals surface area (Å²) >= 11 is 1.68. The number of nitrogens with two attached hydrogens (primary N) is 1. The fourth-order valence-corrected chi connectivity index (χ4v) is 3.14. The van der Waals surface area contributed by atoms with E-state index in [1.165, 1.54) is 11.1 Å². The van der Waals surface area contributed by atoms with Crippen LogP contribution in [0, 0.1) is 0 Å². The second-order valence-corrected chi connectivity index (χ2v) is 6.31. The summed E-state index contributed by atoms with van der Waals surface area (Å²) in [4.78, 5) is 14.7. The van der Waals surface area contributed by atoms with Gasteiger partial charge in [-0.15, -0.1) is 0 Å². The zero-order valence-corrected chi connectivity index (χ0v) is 12.8. The molecule has 0 unspecified atom stereocenters. The highest BCUT2D eigenvalue weighted by atomic mass is 32.1. The lowest BCUT2D eigenvalue weighted by atomic mass is 10.1. The molecule has 2 N–H and O–H groups in total. The van der Waals surface area contributed by atoms with Gasteiger partial charge in [0.25, 0.3) is 5.91 Å². The van der Waals surface area contributed by atoms with E-state index in [1.807, 2.05) is 29.2 Å². The van der Waals surface area contributed by atoms with Gasteiger partial charge >= 0.3 is 0 Å². The van der Waals surface area contributed by atoms with E-state index in [2.05, 4.69) is 16.8 Å². The average Bonchev–Trinajstić information content (AvgIpc) is 3.22. The lowest BCUT2D eigenvalue weighted by Crippen LogP contribution is -2.32. The maximum absolute atomic E-state index is 12.7. The quantitative estimate of drug-likeness (QED) is 0.891. The normalized spacial score (nSPS) is 14.1. The average molecular weight is 300 g/mol. The zero-order valence-electron chi connectivity index (χ0n) is 12.0. The molecule has 1 aliphatic carbocycles. The van der Waals surface area contributed by atoms with E-state index in [9.17, 15) is 4.79 Å². The highest BCUT2D eigenvalue weighted by Gasteiger charge is 2.33. The molecule has 3 rings (SSSR count). The van der Waals surface area contributed by atoms with Crippen LogP contribution >= 0.6 is 11.3 Å². The monoisotopic (exact) mass is 300 g/mol. The highest BCUT2D eigenvalue weighted by molar-refractivity contribution is 7.07. The molecule has 1 amide bonds. The summed E-state index contributed by atoms with van der Waals surface area (Å²) in [6, 6.07) is 10.4. The van der Waals surface area contributed by atoms with Crippen molar-refractivity contribution in [2.24, 2.45) is 5.73 Å². The van der Waals surface area contributed by atoms with Gasteiger partial charge in [-0.1, -0.05) is 12.1 Å². The van der Waals surface area contributed by atoms with E-state index in [-0.39, 0.29) is 5.91 Å².